The van der Waals surface area contributed by atoms with Crippen LogP contribution < -0.4 is 5.73 Å². The molecule has 1 aromatic rings. The van der Waals surface area contributed by atoms with E-state index in [4.69, 9.17) is 17.3 Å². The normalized spacial score (nSPS) is 12.1. The monoisotopic (exact) mass is 340 g/mol. The molecule has 96 valence electrons. The summed E-state index contributed by atoms with van der Waals surface area (Å²) in [5.74, 6) is 0. The summed E-state index contributed by atoms with van der Waals surface area (Å²) in [4.78, 5) is 0.0958. The van der Waals surface area contributed by atoms with Crippen LogP contribution in [0, 0.1) is 0 Å². The predicted octanol–water partition coefficient (Wildman–Crippen LogP) is 2.72. The number of rotatable bonds is 4. The van der Waals surface area contributed by atoms with Gasteiger partial charge in [-0.25, -0.2) is 12.7 Å². The van der Waals surface area contributed by atoms with Gasteiger partial charge in [0.1, 0.15) is 0 Å². The van der Waals surface area contributed by atoms with Crippen LogP contribution in [-0.4, -0.2) is 26.3 Å². The third kappa shape index (κ3) is 3.13. The van der Waals surface area contributed by atoms with Gasteiger partial charge in [0.05, 0.1) is 9.37 Å². The first-order valence-electron chi connectivity index (χ1n) is 5.01. The Bertz CT molecular complexity index is 519. The quantitative estimate of drug-likeness (QED) is 0.856. The summed E-state index contributed by atoms with van der Waals surface area (Å²) in [5, 5.41) is 0.300. The summed E-state index contributed by atoms with van der Waals surface area (Å²) in [6.45, 7) is 2.36. The Hall–Kier alpha value is -0.300. The van der Waals surface area contributed by atoms with Crippen molar-refractivity contribution in [1.82, 2.24) is 4.31 Å². The average molecular weight is 342 g/mol. The van der Waals surface area contributed by atoms with Crippen LogP contribution in [-0.2, 0) is 10.0 Å². The van der Waals surface area contributed by atoms with Gasteiger partial charge in [-0.1, -0.05) is 18.5 Å². The molecule has 0 fully saturated rings. The van der Waals surface area contributed by atoms with E-state index in [0.717, 1.165) is 6.42 Å². The summed E-state index contributed by atoms with van der Waals surface area (Å²) < 4.78 is 26.1. The minimum Gasteiger partial charge on any atom is -0.398 e. The summed E-state index contributed by atoms with van der Waals surface area (Å²) in [5.41, 5.74) is 5.98. The molecule has 7 heteroatoms. The number of anilines is 1. The number of hydrogen-bond acceptors (Lipinski definition) is 3. The molecule has 0 aliphatic heterocycles. The summed E-state index contributed by atoms with van der Waals surface area (Å²) in [7, 11) is -2.02. The molecule has 0 aliphatic carbocycles. The van der Waals surface area contributed by atoms with Gasteiger partial charge in [0, 0.05) is 24.3 Å². The highest BCUT2D eigenvalue weighted by molar-refractivity contribution is 9.10. The number of halogens is 2. The van der Waals surface area contributed by atoms with Crippen LogP contribution in [0.2, 0.25) is 5.02 Å². The molecule has 0 radical (unpaired) electrons. The number of benzene rings is 1. The average Bonchev–Trinajstić information content (AvgIpc) is 2.23. The van der Waals surface area contributed by atoms with Gasteiger partial charge in [0.2, 0.25) is 10.0 Å². The Morgan fingerprint density at radius 2 is 2.06 bits per heavy atom. The van der Waals surface area contributed by atoms with E-state index >= 15 is 0 Å². The van der Waals surface area contributed by atoms with E-state index in [1.165, 1.54) is 23.5 Å². The molecule has 0 aliphatic rings. The van der Waals surface area contributed by atoms with Gasteiger partial charge in [0.15, 0.2) is 0 Å². The van der Waals surface area contributed by atoms with Crippen molar-refractivity contribution in [1.29, 1.82) is 0 Å². The second kappa shape index (κ2) is 5.56. The van der Waals surface area contributed by atoms with Crippen LogP contribution in [0.15, 0.2) is 21.5 Å². The van der Waals surface area contributed by atoms with Gasteiger partial charge in [0.25, 0.3) is 0 Å². The first-order valence-corrected chi connectivity index (χ1v) is 7.62. The molecule has 0 unspecified atom stereocenters. The molecule has 0 spiro atoms. The summed E-state index contributed by atoms with van der Waals surface area (Å²) in [6, 6.07) is 2.90. The van der Waals surface area contributed by atoms with E-state index < -0.39 is 10.0 Å². The highest BCUT2D eigenvalue weighted by atomic mass is 79.9. The predicted molar refractivity (Wildman–Crippen MR) is 73.7 cm³/mol. The Labute approximate surface area is 115 Å². The van der Waals surface area contributed by atoms with Crippen molar-refractivity contribution >= 4 is 43.2 Å². The molecule has 1 aromatic carbocycles. The van der Waals surface area contributed by atoms with Crippen molar-refractivity contribution in [2.75, 3.05) is 19.3 Å². The lowest BCUT2D eigenvalue weighted by molar-refractivity contribution is 0.468. The van der Waals surface area contributed by atoms with Crippen molar-refractivity contribution in [3.05, 3.63) is 21.6 Å². The standard InChI is InChI=1S/C10H14BrClN2O2S/c1-3-4-14(2)17(15,16)9-6-7(12)5-8(13)10(9)11/h5-6H,3-4,13H2,1-2H3. The molecule has 0 atom stereocenters. The third-order valence-electron chi connectivity index (χ3n) is 2.26. The minimum atomic E-state index is -3.55. The summed E-state index contributed by atoms with van der Waals surface area (Å²) >= 11 is 9.01. The zero-order chi connectivity index (χ0) is 13.2. The molecule has 0 saturated heterocycles. The third-order valence-corrected chi connectivity index (χ3v) is 5.51. The Balaban J connectivity index is 3.33. The maximum Gasteiger partial charge on any atom is 0.244 e. The fraction of sp³-hybridized carbons (Fsp3) is 0.400. The van der Waals surface area contributed by atoms with E-state index in [1.807, 2.05) is 6.92 Å². The highest BCUT2D eigenvalue weighted by Crippen LogP contribution is 2.32. The number of nitrogens with two attached hydrogens (primary N) is 1. The van der Waals surface area contributed by atoms with Gasteiger partial charge >= 0.3 is 0 Å². The van der Waals surface area contributed by atoms with Crippen LogP contribution in [0.25, 0.3) is 0 Å². The van der Waals surface area contributed by atoms with Crippen LogP contribution >= 0.6 is 27.5 Å². The largest absolute Gasteiger partial charge is 0.398 e. The minimum absolute atomic E-state index is 0.0958. The Morgan fingerprint density at radius 1 is 1.47 bits per heavy atom. The van der Waals surface area contributed by atoms with Crippen LogP contribution in [0.4, 0.5) is 5.69 Å². The van der Waals surface area contributed by atoms with Gasteiger partial charge in [-0.2, -0.15) is 0 Å². The Kier molecular flexibility index (Phi) is 4.83. The lowest BCUT2D eigenvalue weighted by Crippen LogP contribution is -2.28. The molecule has 17 heavy (non-hydrogen) atoms. The fourth-order valence-corrected chi connectivity index (χ4v) is 3.89. The number of sulfonamides is 1. The molecule has 2 N–H and O–H groups in total. The first-order chi connectivity index (χ1) is 7.80. The molecule has 0 heterocycles. The maximum atomic E-state index is 12.2. The SMILES string of the molecule is CCCN(C)S(=O)(=O)c1cc(Cl)cc(N)c1Br. The number of nitrogens with zero attached hydrogens (tertiary/aromatic N) is 1. The fourth-order valence-electron chi connectivity index (χ4n) is 1.38. The topological polar surface area (TPSA) is 63.4 Å². The van der Waals surface area contributed by atoms with Crippen molar-refractivity contribution in [2.24, 2.45) is 0 Å². The van der Waals surface area contributed by atoms with Gasteiger partial charge in [-0.05, 0) is 34.5 Å². The van der Waals surface area contributed by atoms with E-state index in [9.17, 15) is 8.42 Å². The van der Waals surface area contributed by atoms with Crippen LogP contribution in [0.5, 0.6) is 0 Å². The molecule has 1 rings (SSSR count). The van der Waals surface area contributed by atoms with Crippen molar-refractivity contribution in [2.45, 2.75) is 18.2 Å². The Morgan fingerprint density at radius 3 is 2.59 bits per heavy atom. The number of hydrogen-bond donors (Lipinski definition) is 1. The molecular formula is C10H14BrClN2O2S. The zero-order valence-corrected chi connectivity index (χ0v) is 12.7. The lowest BCUT2D eigenvalue weighted by atomic mass is 10.3. The lowest BCUT2D eigenvalue weighted by Gasteiger charge is -2.18. The van der Waals surface area contributed by atoms with Crippen LogP contribution in [0.3, 0.4) is 0 Å². The van der Waals surface area contributed by atoms with E-state index in [1.54, 1.807) is 0 Å². The first kappa shape index (κ1) is 14.8. The summed E-state index contributed by atoms with van der Waals surface area (Å²) in [6.07, 6.45) is 0.739. The van der Waals surface area contributed by atoms with E-state index in [0.29, 0.717) is 21.7 Å². The molecule has 0 amide bonds. The van der Waals surface area contributed by atoms with E-state index in [2.05, 4.69) is 15.9 Å². The molecular weight excluding hydrogens is 328 g/mol. The zero-order valence-electron chi connectivity index (χ0n) is 9.57. The van der Waals surface area contributed by atoms with Gasteiger partial charge in [-0.3, -0.25) is 0 Å². The maximum absolute atomic E-state index is 12.2. The number of nitrogen functional groups attached to an aromatic ring is 1. The van der Waals surface area contributed by atoms with Crippen molar-refractivity contribution < 1.29 is 8.42 Å². The van der Waals surface area contributed by atoms with Gasteiger partial charge < -0.3 is 5.73 Å². The molecule has 4 nitrogen and oxygen atoms in total. The second-order valence-corrected chi connectivity index (χ2v) is 6.88. The van der Waals surface area contributed by atoms with Crippen molar-refractivity contribution in [3.63, 3.8) is 0 Å². The smallest absolute Gasteiger partial charge is 0.244 e. The van der Waals surface area contributed by atoms with Gasteiger partial charge in [-0.15, -0.1) is 0 Å². The van der Waals surface area contributed by atoms with E-state index in [-0.39, 0.29) is 4.90 Å². The van der Waals surface area contributed by atoms with Crippen LogP contribution in [0.1, 0.15) is 13.3 Å². The van der Waals surface area contributed by atoms with Crippen molar-refractivity contribution in [3.8, 4) is 0 Å². The molecule has 0 bridgehead atoms. The highest BCUT2D eigenvalue weighted by Gasteiger charge is 2.24. The second-order valence-electron chi connectivity index (χ2n) is 3.63. The molecule has 0 saturated carbocycles. The molecule has 0 aromatic heterocycles.